The van der Waals surface area contributed by atoms with E-state index in [4.69, 9.17) is 0 Å². The zero-order chi connectivity index (χ0) is 43.3. The summed E-state index contributed by atoms with van der Waals surface area (Å²) >= 11 is 0. The van der Waals surface area contributed by atoms with Crippen molar-refractivity contribution >= 4 is 17.1 Å². The van der Waals surface area contributed by atoms with Gasteiger partial charge in [-0.2, -0.15) is 0 Å². The van der Waals surface area contributed by atoms with Gasteiger partial charge in [-0.05, 0) is 150 Å². The Balaban J connectivity index is 1.12. The fourth-order valence-electron chi connectivity index (χ4n) is 12.9. The molecule has 1 unspecified atom stereocenters. The van der Waals surface area contributed by atoms with Crippen LogP contribution in [0, 0.1) is 13.8 Å². The van der Waals surface area contributed by atoms with Gasteiger partial charge in [-0.15, -0.1) is 0 Å². The SMILES string of the molecule is Cc1ccccc1-c1ccc2c(c1C)-c1ccccc1C21c2ccccc2-c2cccc(N(c3ccc4c(c3)C(C)(C)c3ccccc3-4)c3ccc4c(c3)C(C)(C)c3ccccc3-4)c21. The maximum Gasteiger partial charge on any atom is 0.0746 e. The molecule has 4 aliphatic carbocycles. The van der Waals surface area contributed by atoms with Gasteiger partial charge >= 0.3 is 0 Å². The molecule has 4 aliphatic rings. The van der Waals surface area contributed by atoms with Crippen molar-refractivity contribution < 1.29 is 0 Å². The first kappa shape index (κ1) is 37.3. The third-order valence-electron chi connectivity index (χ3n) is 15.8. The summed E-state index contributed by atoms with van der Waals surface area (Å²) in [4.78, 5) is 2.61. The van der Waals surface area contributed by atoms with E-state index >= 15 is 0 Å². The number of rotatable bonds is 4. The molecule has 0 saturated heterocycles. The van der Waals surface area contributed by atoms with Crippen molar-refractivity contribution in [3.63, 3.8) is 0 Å². The van der Waals surface area contributed by atoms with Crippen molar-refractivity contribution in [2.75, 3.05) is 4.90 Å². The summed E-state index contributed by atoms with van der Waals surface area (Å²) in [7, 11) is 0. The molecule has 1 heteroatoms. The van der Waals surface area contributed by atoms with Gasteiger partial charge in [-0.3, -0.25) is 0 Å². The molecular weight excluding hydrogens is 771 g/mol. The molecule has 0 heterocycles. The van der Waals surface area contributed by atoms with Gasteiger partial charge in [0.05, 0.1) is 11.1 Å². The largest absolute Gasteiger partial charge is 0.310 e. The van der Waals surface area contributed by atoms with Gasteiger partial charge in [-0.1, -0.05) is 185 Å². The summed E-state index contributed by atoms with van der Waals surface area (Å²) in [6, 6.07) is 71.9. The normalized spacial score (nSPS) is 16.9. The monoisotopic (exact) mass is 819 g/mol. The molecular formula is C63H49N. The van der Waals surface area contributed by atoms with Crippen molar-refractivity contribution in [2.45, 2.75) is 57.8 Å². The molecule has 9 aromatic carbocycles. The lowest BCUT2D eigenvalue weighted by atomic mass is 9.69. The van der Waals surface area contributed by atoms with Gasteiger partial charge < -0.3 is 4.90 Å². The van der Waals surface area contributed by atoms with Gasteiger partial charge in [-0.25, -0.2) is 0 Å². The van der Waals surface area contributed by atoms with Crippen LogP contribution in [0.1, 0.15) is 83.3 Å². The summed E-state index contributed by atoms with van der Waals surface area (Å²) in [6.07, 6.45) is 0. The standard InChI is InChI=1S/C63H49N/c1-38-18-7-8-19-42(38)43-34-35-55-59(39(43)2)50-23-12-16-28-54(50)63(55)53-27-15-11-22-46(53)49-24-17-29-58(60(49)63)64(40-30-32-47-44-20-9-13-25-51(44)61(3,4)56(47)36-40)41-31-33-48-45-21-10-14-26-52(45)62(5,6)57(48)37-41/h7-37H,1-6H3. The van der Waals surface area contributed by atoms with Crippen molar-refractivity contribution in [3.8, 4) is 55.6 Å². The highest BCUT2D eigenvalue weighted by atomic mass is 15.1. The molecule has 1 nitrogen and oxygen atoms in total. The van der Waals surface area contributed by atoms with E-state index in [9.17, 15) is 0 Å². The third kappa shape index (κ3) is 4.64. The van der Waals surface area contributed by atoms with Gasteiger partial charge in [0.1, 0.15) is 0 Å². The maximum atomic E-state index is 2.61. The predicted octanol–water partition coefficient (Wildman–Crippen LogP) is 16.4. The number of nitrogens with zero attached hydrogens (tertiary/aromatic N) is 1. The Morgan fingerprint density at radius 2 is 0.766 bits per heavy atom. The van der Waals surface area contributed by atoms with Crippen LogP contribution < -0.4 is 4.90 Å². The number of fused-ring (bicyclic) bond motifs is 16. The van der Waals surface area contributed by atoms with Crippen LogP contribution in [0.5, 0.6) is 0 Å². The molecule has 0 radical (unpaired) electrons. The Morgan fingerprint density at radius 3 is 1.34 bits per heavy atom. The highest BCUT2D eigenvalue weighted by molar-refractivity contribution is 6.02. The van der Waals surface area contributed by atoms with E-state index in [-0.39, 0.29) is 10.8 Å². The van der Waals surface area contributed by atoms with Crippen molar-refractivity contribution in [3.05, 3.63) is 244 Å². The lowest BCUT2D eigenvalue weighted by molar-refractivity contribution is 0.660. The molecule has 0 saturated carbocycles. The molecule has 0 amide bonds. The minimum atomic E-state index is -0.555. The molecule has 0 N–H and O–H groups in total. The number of benzene rings is 9. The number of hydrogen-bond acceptors (Lipinski definition) is 1. The van der Waals surface area contributed by atoms with Crippen LogP contribution in [-0.4, -0.2) is 0 Å². The molecule has 0 bridgehead atoms. The highest BCUT2D eigenvalue weighted by Gasteiger charge is 2.54. The fourth-order valence-corrected chi connectivity index (χ4v) is 12.9. The third-order valence-corrected chi connectivity index (χ3v) is 15.8. The lowest BCUT2D eigenvalue weighted by Gasteiger charge is -2.36. The molecule has 1 spiro atoms. The smallest absolute Gasteiger partial charge is 0.0746 e. The number of aryl methyl sites for hydroxylation is 1. The van der Waals surface area contributed by atoms with Gasteiger partial charge in [0.25, 0.3) is 0 Å². The van der Waals surface area contributed by atoms with Gasteiger partial charge in [0, 0.05) is 27.8 Å². The minimum absolute atomic E-state index is 0.152. The van der Waals surface area contributed by atoms with Crippen molar-refractivity contribution in [1.29, 1.82) is 0 Å². The van der Waals surface area contributed by atoms with Crippen LogP contribution in [0.2, 0.25) is 0 Å². The summed E-state index contributed by atoms with van der Waals surface area (Å²) in [5, 5.41) is 0. The van der Waals surface area contributed by atoms with Gasteiger partial charge in [0.2, 0.25) is 0 Å². The summed E-state index contributed by atoms with van der Waals surface area (Å²) in [6.45, 7) is 14.2. The molecule has 306 valence electrons. The molecule has 0 aromatic heterocycles. The second kappa shape index (κ2) is 12.9. The van der Waals surface area contributed by atoms with E-state index in [2.05, 4.69) is 234 Å². The zero-order valence-corrected chi connectivity index (χ0v) is 37.3. The summed E-state index contributed by atoms with van der Waals surface area (Å²) in [5.41, 5.74) is 29.4. The lowest BCUT2D eigenvalue weighted by Crippen LogP contribution is -2.28. The van der Waals surface area contributed by atoms with Crippen LogP contribution in [0.25, 0.3) is 55.6 Å². The Bertz CT molecular complexity index is 3380. The van der Waals surface area contributed by atoms with E-state index in [1.54, 1.807) is 0 Å². The molecule has 64 heavy (non-hydrogen) atoms. The van der Waals surface area contributed by atoms with E-state index in [1.165, 1.54) is 128 Å². The van der Waals surface area contributed by atoms with Crippen molar-refractivity contribution in [1.82, 2.24) is 0 Å². The number of hydrogen-bond donors (Lipinski definition) is 0. The van der Waals surface area contributed by atoms with E-state index in [0.29, 0.717) is 0 Å². The average molecular weight is 820 g/mol. The first-order valence-corrected chi connectivity index (χ1v) is 22.9. The molecule has 0 fully saturated rings. The molecule has 13 rings (SSSR count). The van der Waals surface area contributed by atoms with Crippen LogP contribution in [0.4, 0.5) is 17.1 Å². The van der Waals surface area contributed by atoms with Crippen molar-refractivity contribution in [2.24, 2.45) is 0 Å². The predicted molar refractivity (Wildman–Crippen MR) is 267 cm³/mol. The van der Waals surface area contributed by atoms with Crippen LogP contribution in [0.15, 0.2) is 188 Å². The zero-order valence-electron chi connectivity index (χ0n) is 37.3. The van der Waals surface area contributed by atoms with Crippen LogP contribution in [0.3, 0.4) is 0 Å². The van der Waals surface area contributed by atoms with Crippen LogP contribution in [-0.2, 0) is 16.2 Å². The maximum absolute atomic E-state index is 2.61. The van der Waals surface area contributed by atoms with E-state index in [1.807, 2.05) is 0 Å². The highest BCUT2D eigenvalue weighted by Crippen LogP contribution is 2.66. The Hall–Kier alpha value is -7.22. The fraction of sp³-hybridized carbons (Fsp3) is 0.143. The topological polar surface area (TPSA) is 3.24 Å². The van der Waals surface area contributed by atoms with E-state index in [0.717, 1.165) is 0 Å². The quantitative estimate of drug-likeness (QED) is 0.171. The molecule has 0 aliphatic heterocycles. The Labute approximate surface area is 377 Å². The van der Waals surface area contributed by atoms with Gasteiger partial charge in [0.15, 0.2) is 0 Å². The molecule has 9 aromatic rings. The second-order valence-electron chi connectivity index (χ2n) is 19.7. The minimum Gasteiger partial charge on any atom is -0.310 e. The molecule has 1 atom stereocenters. The first-order chi connectivity index (χ1) is 31.1. The second-order valence-corrected chi connectivity index (χ2v) is 19.7. The first-order valence-electron chi connectivity index (χ1n) is 22.9. The average Bonchev–Trinajstić information content (AvgIpc) is 3.95. The van der Waals surface area contributed by atoms with Crippen LogP contribution >= 0.6 is 0 Å². The Kier molecular flexibility index (Phi) is 7.54. The summed E-state index contributed by atoms with van der Waals surface area (Å²) in [5.74, 6) is 0. The summed E-state index contributed by atoms with van der Waals surface area (Å²) < 4.78 is 0. The Morgan fingerprint density at radius 1 is 0.328 bits per heavy atom. The van der Waals surface area contributed by atoms with E-state index < -0.39 is 5.41 Å². The number of anilines is 3.